The van der Waals surface area contributed by atoms with Crippen LogP contribution in [0.4, 0.5) is 5.82 Å². The number of nitrogens with zero attached hydrogens (tertiary/aromatic N) is 2. The van der Waals surface area contributed by atoms with Crippen LogP contribution in [0, 0.1) is 12.8 Å². The molecule has 1 aromatic heterocycles. The number of ether oxygens (including phenoxy) is 1. The molecule has 0 spiro atoms. The predicted octanol–water partition coefficient (Wildman–Crippen LogP) is 2.33. The van der Waals surface area contributed by atoms with Gasteiger partial charge in [-0.3, -0.25) is 0 Å². The highest BCUT2D eigenvalue weighted by Crippen LogP contribution is 2.35. The largest absolute Gasteiger partial charge is 0.477 e. The van der Waals surface area contributed by atoms with Gasteiger partial charge in [0.25, 0.3) is 0 Å². The number of carbonyl (C=O) groups is 1. The lowest BCUT2D eigenvalue weighted by Gasteiger charge is -2.28. The third kappa shape index (κ3) is 2.90. The van der Waals surface area contributed by atoms with Crippen LogP contribution in [0.3, 0.4) is 0 Å². The zero-order valence-electron chi connectivity index (χ0n) is 11.9. The van der Waals surface area contributed by atoms with Crippen LogP contribution in [-0.4, -0.2) is 28.2 Å². The minimum atomic E-state index is -1.10. The number of rotatable bonds is 4. The molecule has 0 aliphatic heterocycles. The van der Waals surface area contributed by atoms with E-state index in [0.717, 1.165) is 12.8 Å². The summed E-state index contributed by atoms with van der Waals surface area (Å²) in [6.07, 6.45) is 5.59. The smallest absolute Gasteiger partial charge is 0.341 e. The first kappa shape index (κ1) is 14.7. The highest BCUT2D eigenvalue weighted by atomic mass is 16.5. The summed E-state index contributed by atoms with van der Waals surface area (Å²) in [5.41, 5.74) is 6.12. The summed E-state index contributed by atoms with van der Waals surface area (Å²) in [6, 6.07) is 0. The number of carboxylic acids is 1. The molecule has 20 heavy (non-hydrogen) atoms. The molecule has 2 rings (SSSR count). The zero-order chi connectivity index (χ0) is 14.7. The van der Waals surface area contributed by atoms with E-state index in [0.29, 0.717) is 17.4 Å². The van der Waals surface area contributed by atoms with Gasteiger partial charge in [0.05, 0.1) is 5.69 Å². The Balaban J connectivity index is 2.32. The Labute approximate surface area is 118 Å². The van der Waals surface area contributed by atoms with Crippen LogP contribution in [0.25, 0.3) is 0 Å². The van der Waals surface area contributed by atoms with E-state index in [1.54, 1.807) is 14.0 Å². The number of aromatic carboxylic acids is 1. The molecule has 1 fully saturated rings. The first-order valence-corrected chi connectivity index (χ1v) is 6.94. The Hall–Kier alpha value is -1.69. The van der Waals surface area contributed by atoms with Crippen molar-refractivity contribution in [1.29, 1.82) is 0 Å². The summed E-state index contributed by atoms with van der Waals surface area (Å²) in [5, 5.41) is 9.09. The number of hydrogen-bond donors (Lipinski definition) is 2. The van der Waals surface area contributed by atoms with Gasteiger partial charge >= 0.3 is 5.97 Å². The molecule has 110 valence electrons. The Morgan fingerprint density at radius 2 is 2.00 bits per heavy atom. The lowest BCUT2D eigenvalue weighted by molar-refractivity contribution is 0.0288. The van der Waals surface area contributed by atoms with Gasteiger partial charge in [0.2, 0.25) is 0 Å². The summed E-state index contributed by atoms with van der Waals surface area (Å²) in [5.74, 6) is -0.210. The first-order valence-electron chi connectivity index (χ1n) is 6.94. The first-order chi connectivity index (χ1) is 9.54. The Bertz CT molecular complexity index is 475. The highest BCUT2D eigenvalue weighted by Gasteiger charge is 2.28. The molecular weight excluding hydrogens is 258 g/mol. The van der Waals surface area contributed by atoms with Crippen molar-refractivity contribution >= 4 is 11.8 Å². The van der Waals surface area contributed by atoms with Crippen molar-refractivity contribution in [3.05, 3.63) is 17.1 Å². The standard InChI is InChI=1S/C14H21N3O3/c1-8-10(14(18)19)12(15)17-13(16-8)11(20-2)9-6-4-3-5-7-9/h9,11H,3-7H2,1-2H3,(H,18,19)(H2,15,16,17). The van der Waals surface area contributed by atoms with Crippen LogP contribution in [0.5, 0.6) is 0 Å². The molecule has 0 saturated heterocycles. The van der Waals surface area contributed by atoms with Crippen LogP contribution < -0.4 is 5.73 Å². The lowest BCUT2D eigenvalue weighted by atomic mass is 9.85. The number of aromatic nitrogens is 2. The van der Waals surface area contributed by atoms with Crippen LogP contribution in [0.15, 0.2) is 0 Å². The SMILES string of the molecule is COC(c1nc(C)c(C(=O)O)c(N)n1)C1CCCCC1. The van der Waals surface area contributed by atoms with Gasteiger partial charge in [0.15, 0.2) is 5.82 Å². The Morgan fingerprint density at radius 3 is 2.50 bits per heavy atom. The highest BCUT2D eigenvalue weighted by molar-refractivity contribution is 5.93. The Kier molecular flexibility index (Phi) is 4.54. The quantitative estimate of drug-likeness (QED) is 0.877. The zero-order valence-corrected chi connectivity index (χ0v) is 11.9. The van der Waals surface area contributed by atoms with E-state index in [9.17, 15) is 4.79 Å². The van der Waals surface area contributed by atoms with E-state index in [1.165, 1.54) is 19.3 Å². The molecule has 1 saturated carbocycles. The fourth-order valence-electron chi connectivity index (χ4n) is 2.95. The van der Waals surface area contributed by atoms with Crippen molar-refractivity contribution in [3.63, 3.8) is 0 Å². The third-order valence-corrected chi connectivity index (χ3v) is 3.94. The lowest BCUT2D eigenvalue weighted by Crippen LogP contribution is -2.22. The monoisotopic (exact) mass is 279 g/mol. The van der Waals surface area contributed by atoms with Crippen molar-refractivity contribution in [2.45, 2.75) is 45.1 Å². The average Bonchev–Trinajstić information content (AvgIpc) is 2.39. The molecular formula is C14H21N3O3. The molecule has 1 atom stereocenters. The summed E-state index contributed by atoms with van der Waals surface area (Å²) in [4.78, 5) is 19.6. The maximum atomic E-state index is 11.1. The number of hydrogen-bond acceptors (Lipinski definition) is 5. The van der Waals surface area contributed by atoms with Crippen molar-refractivity contribution in [1.82, 2.24) is 9.97 Å². The molecule has 0 aromatic carbocycles. The number of anilines is 1. The fraction of sp³-hybridized carbons (Fsp3) is 0.643. The van der Waals surface area contributed by atoms with E-state index in [1.807, 2.05) is 0 Å². The number of nitrogens with two attached hydrogens (primary N) is 1. The summed E-state index contributed by atoms with van der Waals surface area (Å²) >= 11 is 0. The molecule has 0 radical (unpaired) electrons. The second-order valence-corrected chi connectivity index (χ2v) is 5.29. The van der Waals surface area contributed by atoms with Crippen LogP contribution in [-0.2, 0) is 4.74 Å². The molecule has 3 N–H and O–H groups in total. The van der Waals surface area contributed by atoms with Crippen LogP contribution in [0.2, 0.25) is 0 Å². The molecule has 0 amide bonds. The van der Waals surface area contributed by atoms with Gasteiger partial charge in [-0.2, -0.15) is 0 Å². The third-order valence-electron chi connectivity index (χ3n) is 3.94. The van der Waals surface area contributed by atoms with Gasteiger partial charge in [-0.25, -0.2) is 14.8 Å². The number of nitrogen functional groups attached to an aromatic ring is 1. The van der Waals surface area contributed by atoms with Crippen molar-refractivity contribution in [2.24, 2.45) is 5.92 Å². The van der Waals surface area contributed by atoms with Gasteiger partial charge in [-0.15, -0.1) is 0 Å². The van der Waals surface area contributed by atoms with E-state index in [4.69, 9.17) is 15.6 Å². The average molecular weight is 279 g/mol. The van der Waals surface area contributed by atoms with E-state index in [-0.39, 0.29) is 17.5 Å². The van der Waals surface area contributed by atoms with E-state index >= 15 is 0 Å². The van der Waals surface area contributed by atoms with Crippen molar-refractivity contribution in [2.75, 3.05) is 12.8 Å². The predicted molar refractivity (Wildman–Crippen MR) is 74.5 cm³/mol. The van der Waals surface area contributed by atoms with Crippen molar-refractivity contribution < 1.29 is 14.6 Å². The minimum Gasteiger partial charge on any atom is -0.477 e. The van der Waals surface area contributed by atoms with E-state index in [2.05, 4.69) is 9.97 Å². The molecule has 6 nitrogen and oxygen atoms in total. The molecule has 1 aliphatic carbocycles. The number of aryl methyl sites for hydroxylation is 1. The topological polar surface area (TPSA) is 98.3 Å². The summed E-state index contributed by atoms with van der Waals surface area (Å²) in [7, 11) is 1.64. The van der Waals surface area contributed by atoms with Gasteiger partial charge in [-0.1, -0.05) is 19.3 Å². The molecule has 0 bridgehead atoms. The Morgan fingerprint density at radius 1 is 1.35 bits per heavy atom. The summed E-state index contributed by atoms with van der Waals surface area (Å²) < 4.78 is 5.56. The second-order valence-electron chi connectivity index (χ2n) is 5.29. The van der Waals surface area contributed by atoms with E-state index < -0.39 is 5.97 Å². The van der Waals surface area contributed by atoms with Gasteiger partial charge in [0.1, 0.15) is 17.5 Å². The molecule has 6 heteroatoms. The second kappa shape index (κ2) is 6.17. The van der Waals surface area contributed by atoms with Crippen molar-refractivity contribution in [3.8, 4) is 0 Å². The molecule has 1 heterocycles. The van der Waals surface area contributed by atoms with Gasteiger partial charge < -0.3 is 15.6 Å². The fourth-order valence-corrected chi connectivity index (χ4v) is 2.95. The molecule has 1 aromatic rings. The summed E-state index contributed by atoms with van der Waals surface area (Å²) in [6.45, 7) is 1.64. The van der Waals surface area contributed by atoms with Gasteiger partial charge in [-0.05, 0) is 25.7 Å². The normalized spacial score (nSPS) is 17.9. The van der Waals surface area contributed by atoms with Gasteiger partial charge in [0, 0.05) is 7.11 Å². The molecule has 1 unspecified atom stereocenters. The maximum absolute atomic E-state index is 11.1. The van der Waals surface area contributed by atoms with Crippen LogP contribution in [0.1, 0.15) is 60.1 Å². The molecule has 1 aliphatic rings. The minimum absolute atomic E-state index is 0.0119. The van der Waals surface area contributed by atoms with Crippen LogP contribution >= 0.6 is 0 Å². The number of carboxylic acid groups (broad SMARTS) is 1. The maximum Gasteiger partial charge on any atom is 0.341 e. The number of methoxy groups -OCH3 is 1.